The van der Waals surface area contributed by atoms with Crippen LogP contribution in [0.5, 0.6) is 5.75 Å². The van der Waals surface area contributed by atoms with E-state index in [9.17, 15) is 13.2 Å². The maximum Gasteiger partial charge on any atom is 0.225 e. The van der Waals surface area contributed by atoms with Crippen LogP contribution in [0.3, 0.4) is 0 Å². The third kappa shape index (κ3) is 4.07. The van der Waals surface area contributed by atoms with Gasteiger partial charge in [-0.25, -0.2) is 12.7 Å². The van der Waals surface area contributed by atoms with Crippen LogP contribution in [0.2, 0.25) is 0 Å². The Balaban J connectivity index is 1.44. The van der Waals surface area contributed by atoms with E-state index < -0.39 is 10.0 Å². The van der Waals surface area contributed by atoms with Crippen molar-refractivity contribution >= 4 is 26.8 Å². The van der Waals surface area contributed by atoms with Crippen molar-refractivity contribution in [3.8, 4) is 5.75 Å². The fourth-order valence-electron chi connectivity index (χ4n) is 5.23. The van der Waals surface area contributed by atoms with Crippen LogP contribution in [0, 0.1) is 11.3 Å². The Morgan fingerprint density at radius 2 is 2.07 bits per heavy atom. The lowest BCUT2D eigenvalue weighted by molar-refractivity contribution is -0.128. The molecule has 1 saturated heterocycles. The molecular weight excluding hydrogens is 402 g/mol. The maximum atomic E-state index is 13.1. The number of benzene rings is 1. The SMILES string of the molecule is COc1ccc2[nH]cc(CCNC(=O)C3CN(S(C)(=O)=O)CC34CCCCC4)c2c1. The first-order valence-corrected chi connectivity index (χ1v) is 12.5. The van der Waals surface area contributed by atoms with E-state index in [1.54, 1.807) is 7.11 Å². The van der Waals surface area contributed by atoms with Gasteiger partial charge in [0.05, 0.1) is 19.3 Å². The lowest BCUT2D eigenvalue weighted by Gasteiger charge is -2.37. The topological polar surface area (TPSA) is 91.5 Å². The van der Waals surface area contributed by atoms with Gasteiger partial charge < -0.3 is 15.0 Å². The first-order chi connectivity index (χ1) is 14.3. The number of H-pyrrole nitrogens is 1. The summed E-state index contributed by atoms with van der Waals surface area (Å²) in [6, 6.07) is 5.91. The molecule has 1 unspecified atom stereocenters. The summed E-state index contributed by atoms with van der Waals surface area (Å²) in [4.78, 5) is 16.4. The van der Waals surface area contributed by atoms with Gasteiger partial charge in [0.1, 0.15) is 5.75 Å². The highest BCUT2D eigenvalue weighted by atomic mass is 32.2. The molecule has 2 aromatic rings. The molecule has 1 aliphatic heterocycles. The van der Waals surface area contributed by atoms with Crippen molar-refractivity contribution in [2.75, 3.05) is 33.0 Å². The van der Waals surface area contributed by atoms with Crippen LogP contribution in [0.1, 0.15) is 37.7 Å². The summed E-state index contributed by atoms with van der Waals surface area (Å²) in [5.41, 5.74) is 1.96. The van der Waals surface area contributed by atoms with E-state index in [1.165, 1.54) is 17.0 Å². The number of hydrogen-bond acceptors (Lipinski definition) is 4. The predicted octanol–water partition coefficient (Wildman–Crippen LogP) is 2.68. The second-order valence-electron chi connectivity index (χ2n) is 8.80. The summed E-state index contributed by atoms with van der Waals surface area (Å²) in [6.45, 7) is 1.30. The highest BCUT2D eigenvalue weighted by Gasteiger charge is 2.52. The first-order valence-electron chi connectivity index (χ1n) is 10.7. The predicted molar refractivity (Wildman–Crippen MR) is 117 cm³/mol. The van der Waals surface area contributed by atoms with E-state index in [1.807, 2.05) is 24.4 Å². The van der Waals surface area contributed by atoms with Crippen molar-refractivity contribution in [1.29, 1.82) is 0 Å². The molecule has 1 spiro atoms. The Bertz CT molecular complexity index is 1020. The van der Waals surface area contributed by atoms with E-state index >= 15 is 0 Å². The number of fused-ring (bicyclic) bond motifs is 1. The summed E-state index contributed by atoms with van der Waals surface area (Å²) in [7, 11) is -1.64. The van der Waals surface area contributed by atoms with E-state index in [0.29, 0.717) is 26.1 Å². The number of methoxy groups -OCH3 is 1. The standard InChI is InChI=1S/C22H31N3O4S/c1-29-17-6-7-20-18(12-17)16(13-24-20)8-11-23-21(26)19-14-25(30(2,27)28)15-22(19)9-4-3-5-10-22/h6-7,12-13,19,24H,3-5,8-11,14-15H2,1-2H3,(H,23,26). The Morgan fingerprint density at radius 3 is 2.77 bits per heavy atom. The molecule has 1 amide bonds. The number of sulfonamides is 1. The molecule has 0 bridgehead atoms. The highest BCUT2D eigenvalue weighted by molar-refractivity contribution is 7.88. The van der Waals surface area contributed by atoms with Gasteiger partial charge >= 0.3 is 0 Å². The van der Waals surface area contributed by atoms with Gasteiger partial charge in [0.15, 0.2) is 0 Å². The van der Waals surface area contributed by atoms with Gasteiger partial charge in [-0.05, 0) is 48.4 Å². The smallest absolute Gasteiger partial charge is 0.225 e. The second-order valence-corrected chi connectivity index (χ2v) is 10.8. The molecule has 1 aromatic heterocycles. The minimum Gasteiger partial charge on any atom is -0.497 e. The molecule has 2 heterocycles. The van der Waals surface area contributed by atoms with Gasteiger partial charge in [0.25, 0.3) is 0 Å². The van der Waals surface area contributed by atoms with Crippen molar-refractivity contribution in [2.45, 2.75) is 38.5 Å². The van der Waals surface area contributed by atoms with Crippen LogP contribution >= 0.6 is 0 Å². The van der Waals surface area contributed by atoms with Gasteiger partial charge in [-0.3, -0.25) is 4.79 Å². The van der Waals surface area contributed by atoms with E-state index in [-0.39, 0.29) is 17.2 Å². The largest absolute Gasteiger partial charge is 0.497 e. The molecule has 2 fully saturated rings. The molecule has 2 aliphatic rings. The zero-order chi connectivity index (χ0) is 21.4. The number of aromatic nitrogens is 1. The third-order valence-corrected chi connectivity index (χ3v) is 8.14. The number of nitrogens with one attached hydrogen (secondary N) is 2. The number of ether oxygens (including phenoxy) is 1. The Hall–Kier alpha value is -2.06. The van der Waals surface area contributed by atoms with Crippen LogP contribution in [0.15, 0.2) is 24.4 Å². The fraction of sp³-hybridized carbons (Fsp3) is 0.591. The average molecular weight is 434 g/mol. The monoisotopic (exact) mass is 433 g/mol. The molecule has 8 heteroatoms. The van der Waals surface area contributed by atoms with Crippen LogP contribution in [-0.2, 0) is 21.2 Å². The normalized spacial score (nSPS) is 21.9. The first kappa shape index (κ1) is 21.2. The van der Waals surface area contributed by atoms with Crippen molar-refractivity contribution in [3.63, 3.8) is 0 Å². The number of aromatic amines is 1. The number of hydrogen-bond donors (Lipinski definition) is 2. The molecule has 1 aliphatic carbocycles. The van der Waals surface area contributed by atoms with Gasteiger partial charge in [-0.15, -0.1) is 0 Å². The quantitative estimate of drug-likeness (QED) is 0.733. The average Bonchev–Trinajstić information content (AvgIpc) is 3.30. The maximum absolute atomic E-state index is 13.1. The van der Waals surface area contributed by atoms with E-state index in [4.69, 9.17) is 4.74 Å². The molecule has 164 valence electrons. The molecule has 4 rings (SSSR count). The second kappa shape index (κ2) is 8.23. The van der Waals surface area contributed by atoms with Crippen molar-refractivity contribution in [3.05, 3.63) is 30.0 Å². The molecular formula is C22H31N3O4S. The molecule has 30 heavy (non-hydrogen) atoms. The minimum absolute atomic E-state index is 0.0135. The Morgan fingerprint density at radius 1 is 1.30 bits per heavy atom. The molecule has 1 atom stereocenters. The molecule has 1 aromatic carbocycles. The fourth-order valence-corrected chi connectivity index (χ4v) is 6.15. The van der Waals surface area contributed by atoms with Crippen LogP contribution < -0.4 is 10.1 Å². The third-order valence-electron chi connectivity index (χ3n) is 6.92. The summed E-state index contributed by atoms with van der Waals surface area (Å²) in [5, 5.41) is 4.19. The number of amides is 1. The van der Waals surface area contributed by atoms with E-state index in [2.05, 4.69) is 10.3 Å². The lowest BCUT2D eigenvalue weighted by atomic mass is 9.67. The Kier molecular flexibility index (Phi) is 5.81. The molecule has 1 saturated carbocycles. The van der Waals surface area contributed by atoms with Gasteiger partial charge in [-0.2, -0.15) is 0 Å². The summed E-state index contributed by atoms with van der Waals surface area (Å²) in [6.07, 6.45) is 9.08. The van der Waals surface area contributed by atoms with Gasteiger partial charge in [-0.1, -0.05) is 19.3 Å². The summed E-state index contributed by atoms with van der Waals surface area (Å²) < 4.78 is 31.1. The zero-order valence-electron chi connectivity index (χ0n) is 17.7. The van der Waals surface area contributed by atoms with Gasteiger partial charge in [0.2, 0.25) is 15.9 Å². The summed E-state index contributed by atoms with van der Waals surface area (Å²) in [5.74, 6) is 0.523. The minimum atomic E-state index is -3.29. The number of nitrogens with zero attached hydrogens (tertiary/aromatic N) is 1. The van der Waals surface area contributed by atoms with Crippen LogP contribution in [0.25, 0.3) is 10.9 Å². The van der Waals surface area contributed by atoms with Crippen molar-refractivity contribution < 1.29 is 17.9 Å². The molecule has 0 radical (unpaired) electrons. The zero-order valence-corrected chi connectivity index (χ0v) is 18.6. The number of carbonyl (C=O) groups excluding carboxylic acids is 1. The van der Waals surface area contributed by atoms with E-state index in [0.717, 1.165) is 47.9 Å². The van der Waals surface area contributed by atoms with Crippen molar-refractivity contribution in [2.24, 2.45) is 11.3 Å². The summed E-state index contributed by atoms with van der Waals surface area (Å²) >= 11 is 0. The molecule has 2 N–H and O–H groups in total. The van der Waals surface area contributed by atoms with Gasteiger partial charge in [0, 0.05) is 36.7 Å². The van der Waals surface area contributed by atoms with Crippen molar-refractivity contribution in [1.82, 2.24) is 14.6 Å². The van der Waals surface area contributed by atoms with Crippen LogP contribution in [-0.4, -0.2) is 56.6 Å². The Labute approximate surface area is 178 Å². The lowest BCUT2D eigenvalue weighted by Crippen LogP contribution is -2.43. The number of rotatable bonds is 6. The number of carbonyl (C=O) groups is 1. The van der Waals surface area contributed by atoms with Crippen LogP contribution in [0.4, 0.5) is 0 Å². The highest BCUT2D eigenvalue weighted by Crippen LogP contribution is 2.48. The molecule has 7 nitrogen and oxygen atoms in total.